The molecule has 0 bridgehead atoms. The molecule has 0 aliphatic heterocycles. The van der Waals surface area contributed by atoms with Crippen LogP contribution < -0.4 is 0 Å². The van der Waals surface area contributed by atoms with E-state index in [1.807, 2.05) is 18.2 Å². The zero-order chi connectivity index (χ0) is 13.5. The number of carbonyl (C=O) groups is 1. The van der Waals surface area contributed by atoms with Crippen molar-refractivity contribution in [2.75, 3.05) is 20.2 Å². The second kappa shape index (κ2) is 7.17. The Morgan fingerprint density at radius 2 is 1.89 bits per heavy atom. The molecule has 0 aliphatic rings. The van der Waals surface area contributed by atoms with E-state index in [4.69, 9.17) is 5.11 Å². The maximum Gasteiger partial charge on any atom is 0.226 e. The molecule has 3 nitrogen and oxygen atoms in total. The van der Waals surface area contributed by atoms with Gasteiger partial charge in [0.1, 0.15) is 0 Å². The van der Waals surface area contributed by atoms with Crippen LogP contribution in [0.2, 0.25) is 0 Å². The third-order valence-corrected chi connectivity index (χ3v) is 3.23. The zero-order valence-electron chi connectivity index (χ0n) is 11.5. The molecule has 1 atom stereocenters. The highest BCUT2D eigenvalue weighted by Crippen LogP contribution is 2.19. The van der Waals surface area contributed by atoms with Crippen LogP contribution in [-0.4, -0.2) is 36.1 Å². The Kier molecular flexibility index (Phi) is 5.86. The van der Waals surface area contributed by atoms with Gasteiger partial charge in [-0.3, -0.25) is 4.79 Å². The standard InChI is InChI=1S/C15H23NO2/c1-12(2)14(15(18)16(3)9-10-17)11-13-7-5-4-6-8-13/h4-8,12,14,17H,9-11H2,1-3H3. The van der Waals surface area contributed by atoms with Crippen LogP contribution in [0.15, 0.2) is 30.3 Å². The summed E-state index contributed by atoms with van der Waals surface area (Å²) in [6.45, 7) is 4.55. The first kappa shape index (κ1) is 14.7. The number of hydrogen-bond acceptors (Lipinski definition) is 2. The molecule has 1 N–H and O–H groups in total. The molecule has 1 aromatic rings. The fourth-order valence-electron chi connectivity index (χ4n) is 2.02. The smallest absolute Gasteiger partial charge is 0.226 e. The van der Waals surface area contributed by atoms with Gasteiger partial charge in [0.25, 0.3) is 0 Å². The molecule has 1 aromatic carbocycles. The highest BCUT2D eigenvalue weighted by atomic mass is 16.3. The number of amides is 1. The van der Waals surface area contributed by atoms with E-state index in [2.05, 4.69) is 26.0 Å². The first-order chi connectivity index (χ1) is 8.56. The van der Waals surface area contributed by atoms with Gasteiger partial charge in [0.05, 0.1) is 6.61 Å². The van der Waals surface area contributed by atoms with Gasteiger partial charge in [-0.25, -0.2) is 0 Å². The Morgan fingerprint density at radius 3 is 2.39 bits per heavy atom. The van der Waals surface area contributed by atoms with Gasteiger partial charge in [0.2, 0.25) is 5.91 Å². The summed E-state index contributed by atoms with van der Waals surface area (Å²) in [7, 11) is 1.75. The molecule has 100 valence electrons. The fraction of sp³-hybridized carbons (Fsp3) is 0.533. The van der Waals surface area contributed by atoms with Gasteiger partial charge in [-0.05, 0) is 17.9 Å². The third kappa shape index (κ3) is 4.15. The van der Waals surface area contributed by atoms with Crippen LogP contribution in [0.25, 0.3) is 0 Å². The van der Waals surface area contributed by atoms with Gasteiger partial charge in [-0.2, -0.15) is 0 Å². The van der Waals surface area contributed by atoms with Gasteiger partial charge < -0.3 is 10.0 Å². The lowest BCUT2D eigenvalue weighted by atomic mass is 9.88. The van der Waals surface area contributed by atoms with Crippen molar-refractivity contribution in [3.05, 3.63) is 35.9 Å². The molecule has 0 heterocycles. The molecule has 0 aliphatic carbocycles. The van der Waals surface area contributed by atoms with E-state index in [1.165, 1.54) is 5.56 Å². The number of aliphatic hydroxyl groups is 1. The van der Waals surface area contributed by atoms with E-state index < -0.39 is 0 Å². The summed E-state index contributed by atoms with van der Waals surface area (Å²) in [4.78, 5) is 13.9. The summed E-state index contributed by atoms with van der Waals surface area (Å²) in [5, 5.41) is 8.90. The second-order valence-electron chi connectivity index (χ2n) is 5.02. The number of likely N-dealkylation sites (N-methyl/N-ethyl adjacent to an activating group) is 1. The molecule has 0 aromatic heterocycles. The lowest BCUT2D eigenvalue weighted by molar-refractivity contribution is -0.136. The summed E-state index contributed by atoms with van der Waals surface area (Å²) in [5.74, 6) is 0.380. The number of aliphatic hydroxyl groups excluding tert-OH is 1. The number of hydrogen-bond donors (Lipinski definition) is 1. The highest BCUT2D eigenvalue weighted by Gasteiger charge is 2.25. The van der Waals surface area contributed by atoms with E-state index in [0.29, 0.717) is 12.5 Å². The van der Waals surface area contributed by atoms with Gasteiger partial charge in [-0.1, -0.05) is 44.2 Å². The van der Waals surface area contributed by atoms with E-state index in [9.17, 15) is 4.79 Å². The fourth-order valence-corrected chi connectivity index (χ4v) is 2.02. The number of benzene rings is 1. The lowest BCUT2D eigenvalue weighted by Crippen LogP contribution is -2.38. The molecule has 0 fully saturated rings. The predicted octanol–water partition coefficient (Wildman–Crippen LogP) is 1.95. The van der Waals surface area contributed by atoms with Gasteiger partial charge >= 0.3 is 0 Å². The van der Waals surface area contributed by atoms with Crippen LogP contribution in [0.3, 0.4) is 0 Å². The van der Waals surface area contributed by atoms with Crippen LogP contribution in [0.1, 0.15) is 19.4 Å². The maximum absolute atomic E-state index is 12.3. The van der Waals surface area contributed by atoms with Crippen molar-refractivity contribution >= 4 is 5.91 Å². The van der Waals surface area contributed by atoms with Crippen molar-refractivity contribution in [1.29, 1.82) is 0 Å². The maximum atomic E-state index is 12.3. The highest BCUT2D eigenvalue weighted by molar-refractivity contribution is 5.79. The Balaban J connectivity index is 2.74. The molecule has 0 saturated heterocycles. The molecular weight excluding hydrogens is 226 g/mol. The van der Waals surface area contributed by atoms with Crippen molar-refractivity contribution in [3.63, 3.8) is 0 Å². The Labute approximate surface area is 109 Å². The summed E-state index contributed by atoms with van der Waals surface area (Å²) in [6.07, 6.45) is 0.757. The minimum Gasteiger partial charge on any atom is -0.395 e. The first-order valence-electron chi connectivity index (χ1n) is 6.46. The van der Waals surface area contributed by atoms with E-state index >= 15 is 0 Å². The third-order valence-electron chi connectivity index (χ3n) is 3.23. The van der Waals surface area contributed by atoms with Crippen molar-refractivity contribution in [1.82, 2.24) is 4.90 Å². The molecule has 1 unspecified atom stereocenters. The molecule has 18 heavy (non-hydrogen) atoms. The molecule has 3 heteroatoms. The molecule has 0 radical (unpaired) electrons. The number of carbonyl (C=O) groups excluding carboxylic acids is 1. The zero-order valence-corrected chi connectivity index (χ0v) is 11.5. The predicted molar refractivity (Wildman–Crippen MR) is 73.2 cm³/mol. The summed E-state index contributed by atoms with van der Waals surface area (Å²) < 4.78 is 0. The number of rotatable bonds is 6. The lowest BCUT2D eigenvalue weighted by Gasteiger charge is -2.26. The van der Waals surface area contributed by atoms with Crippen LogP contribution in [0.5, 0.6) is 0 Å². The first-order valence-corrected chi connectivity index (χ1v) is 6.46. The number of nitrogens with zero attached hydrogens (tertiary/aromatic N) is 1. The minimum absolute atomic E-state index is 0.0123. The topological polar surface area (TPSA) is 40.5 Å². The largest absolute Gasteiger partial charge is 0.395 e. The van der Waals surface area contributed by atoms with Crippen molar-refractivity contribution in [3.8, 4) is 0 Å². The summed E-state index contributed by atoms with van der Waals surface area (Å²) >= 11 is 0. The molecule has 0 spiro atoms. The second-order valence-corrected chi connectivity index (χ2v) is 5.02. The van der Waals surface area contributed by atoms with Crippen molar-refractivity contribution in [2.45, 2.75) is 20.3 Å². The van der Waals surface area contributed by atoms with Gasteiger partial charge in [0, 0.05) is 19.5 Å². The normalized spacial score (nSPS) is 12.5. The Morgan fingerprint density at radius 1 is 1.28 bits per heavy atom. The van der Waals surface area contributed by atoms with Crippen LogP contribution in [0.4, 0.5) is 0 Å². The van der Waals surface area contributed by atoms with Crippen molar-refractivity contribution < 1.29 is 9.90 Å². The van der Waals surface area contributed by atoms with E-state index in [-0.39, 0.29) is 18.4 Å². The van der Waals surface area contributed by atoms with Crippen molar-refractivity contribution in [2.24, 2.45) is 11.8 Å². The van der Waals surface area contributed by atoms with E-state index in [1.54, 1.807) is 11.9 Å². The quantitative estimate of drug-likeness (QED) is 0.837. The molecule has 1 amide bonds. The Hall–Kier alpha value is -1.35. The van der Waals surface area contributed by atoms with Crippen LogP contribution in [-0.2, 0) is 11.2 Å². The van der Waals surface area contributed by atoms with Gasteiger partial charge in [-0.15, -0.1) is 0 Å². The van der Waals surface area contributed by atoms with Gasteiger partial charge in [0.15, 0.2) is 0 Å². The SMILES string of the molecule is CC(C)C(Cc1ccccc1)C(=O)N(C)CCO. The average molecular weight is 249 g/mol. The Bertz CT molecular complexity index is 362. The molecule has 0 saturated carbocycles. The van der Waals surface area contributed by atoms with Crippen LogP contribution in [0, 0.1) is 11.8 Å². The average Bonchev–Trinajstić information content (AvgIpc) is 2.36. The van der Waals surface area contributed by atoms with E-state index in [0.717, 1.165) is 6.42 Å². The summed E-state index contributed by atoms with van der Waals surface area (Å²) in [5.41, 5.74) is 1.18. The molecule has 1 rings (SSSR count). The summed E-state index contributed by atoms with van der Waals surface area (Å²) in [6, 6.07) is 10.1. The monoisotopic (exact) mass is 249 g/mol. The van der Waals surface area contributed by atoms with Crippen LogP contribution >= 0.6 is 0 Å². The molecular formula is C15H23NO2. The minimum atomic E-state index is -0.0241.